The number of nitrogens with one attached hydrogen (secondary N) is 2. The zero-order valence-corrected chi connectivity index (χ0v) is 13.6. The maximum Gasteiger partial charge on any atom is 0.321 e. The van der Waals surface area contributed by atoms with Gasteiger partial charge in [-0.2, -0.15) is 0 Å². The molecule has 1 unspecified atom stereocenters. The van der Waals surface area contributed by atoms with Gasteiger partial charge in [-0.15, -0.1) is 11.3 Å². The summed E-state index contributed by atoms with van der Waals surface area (Å²) in [6.45, 7) is 1.91. The maximum absolute atomic E-state index is 12.1. The number of carboxylic acid groups (broad SMARTS) is 1. The van der Waals surface area contributed by atoms with Crippen molar-refractivity contribution < 1.29 is 14.7 Å². The third-order valence-corrected chi connectivity index (χ3v) is 4.04. The number of hydrogen-bond donors (Lipinski definition) is 3. The Bertz CT molecular complexity index is 658. The molecule has 1 heterocycles. The van der Waals surface area contributed by atoms with E-state index in [1.54, 1.807) is 6.20 Å². The lowest BCUT2D eigenvalue weighted by molar-refractivity contribution is -0.137. The highest BCUT2D eigenvalue weighted by molar-refractivity contribution is 7.15. The van der Waals surface area contributed by atoms with Crippen LogP contribution in [0.1, 0.15) is 23.3 Å². The minimum absolute atomic E-state index is 0.00808. The summed E-state index contributed by atoms with van der Waals surface area (Å²) in [5, 5.41) is 14.9. The van der Waals surface area contributed by atoms with Gasteiger partial charge >= 0.3 is 12.0 Å². The normalized spacial score (nSPS) is 11.7. The van der Waals surface area contributed by atoms with Crippen LogP contribution in [0.2, 0.25) is 0 Å². The molecule has 0 saturated carbocycles. The van der Waals surface area contributed by atoms with Crippen molar-refractivity contribution in [2.75, 3.05) is 5.32 Å². The van der Waals surface area contributed by atoms with Crippen molar-refractivity contribution in [3.05, 3.63) is 47.0 Å². The van der Waals surface area contributed by atoms with Crippen molar-refractivity contribution in [2.24, 2.45) is 0 Å². The number of benzene rings is 1. The van der Waals surface area contributed by atoms with E-state index in [2.05, 4.69) is 15.6 Å². The first-order valence-corrected chi connectivity index (χ1v) is 8.10. The zero-order valence-electron chi connectivity index (χ0n) is 12.8. The van der Waals surface area contributed by atoms with E-state index in [1.807, 2.05) is 37.3 Å². The van der Waals surface area contributed by atoms with Crippen LogP contribution in [-0.4, -0.2) is 28.1 Å². The number of amides is 2. The van der Waals surface area contributed by atoms with Crippen molar-refractivity contribution in [1.29, 1.82) is 0 Å². The average molecular weight is 333 g/mol. The van der Waals surface area contributed by atoms with Crippen LogP contribution in [0.4, 0.5) is 9.93 Å². The van der Waals surface area contributed by atoms with Gasteiger partial charge in [0.05, 0.1) is 0 Å². The Morgan fingerprint density at radius 1 is 1.30 bits per heavy atom. The molecule has 1 aromatic heterocycles. The van der Waals surface area contributed by atoms with Crippen LogP contribution in [0.3, 0.4) is 0 Å². The second-order valence-electron chi connectivity index (χ2n) is 5.19. The van der Waals surface area contributed by atoms with E-state index in [-0.39, 0.29) is 18.5 Å². The molecule has 2 amide bonds. The lowest BCUT2D eigenvalue weighted by Crippen LogP contribution is -2.39. The fraction of sp³-hybridized carbons (Fsp3) is 0.312. The van der Waals surface area contributed by atoms with Gasteiger partial charge in [0, 0.05) is 23.5 Å². The fourth-order valence-corrected chi connectivity index (χ4v) is 2.81. The molecule has 0 aliphatic carbocycles. The second-order valence-corrected chi connectivity index (χ2v) is 6.43. The van der Waals surface area contributed by atoms with Crippen molar-refractivity contribution in [1.82, 2.24) is 10.3 Å². The molecule has 0 spiro atoms. The molecule has 122 valence electrons. The predicted molar refractivity (Wildman–Crippen MR) is 89.8 cm³/mol. The van der Waals surface area contributed by atoms with E-state index in [0.29, 0.717) is 18.0 Å². The Labute approximate surface area is 138 Å². The fourth-order valence-electron chi connectivity index (χ4n) is 2.15. The summed E-state index contributed by atoms with van der Waals surface area (Å²) < 4.78 is 0. The van der Waals surface area contributed by atoms with Gasteiger partial charge in [0.15, 0.2) is 5.13 Å². The third-order valence-electron chi connectivity index (χ3n) is 3.21. The molecular formula is C16H19N3O3S. The van der Waals surface area contributed by atoms with Gasteiger partial charge in [0.25, 0.3) is 0 Å². The summed E-state index contributed by atoms with van der Waals surface area (Å²) in [6.07, 6.45) is 2.65. The van der Waals surface area contributed by atoms with E-state index < -0.39 is 5.97 Å². The molecular weight excluding hydrogens is 314 g/mol. The Hall–Kier alpha value is -2.41. The number of carbonyl (C=O) groups is 2. The first-order chi connectivity index (χ1) is 11.0. The van der Waals surface area contributed by atoms with Gasteiger partial charge in [-0.3, -0.25) is 10.1 Å². The van der Waals surface area contributed by atoms with E-state index in [1.165, 1.54) is 11.3 Å². The number of anilines is 1. The molecule has 3 N–H and O–H groups in total. The number of aliphatic carboxylic acids is 1. The number of rotatable bonds is 7. The Kier molecular flexibility index (Phi) is 6.10. The molecule has 0 radical (unpaired) electrons. The summed E-state index contributed by atoms with van der Waals surface area (Å²) >= 11 is 1.39. The predicted octanol–water partition coefficient (Wildman–Crippen LogP) is 3.05. The Balaban J connectivity index is 1.95. The monoisotopic (exact) mass is 333 g/mol. The molecule has 0 aliphatic rings. The lowest BCUT2D eigenvalue weighted by atomic mass is 10.0. The third kappa shape index (κ3) is 6.07. The second kappa shape index (κ2) is 8.28. The standard InChI is InChI=1S/C16H19N3O3S/c1-11-10-17-16(23-11)19-15(22)18-13(7-8-14(20)21)9-12-5-3-2-4-6-12/h2-6,10,13H,7-9H2,1H3,(H,20,21)(H2,17,18,19,22). The van der Waals surface area contributed by atoms with Gasteiger partial charge in [-0.05, 0) is 25.3 Å². The number of carboxylic acids is 1. The molecule has 0 aliphatic heterocycles. The zero-order chi connectivity index (χ0) is 16.7. The highest BCUT2D eigenvalue weighted by Gasteiger charge is 2.15. The van der Waals surface area contributed by atoms with Crippen LogP contribution in [0.15, 0.2) is 36.5 Å². The molecule has 23 heavy (non-hydrogen) atoms. The summed E-state index contributed by atoms with van der Waals surface area (Å²) in [5.41, 5.74) is 1.05. The van der Waals surface area contributed by atoms with Crippen LogP contribution in [0.5, 0.6) is 0 Å². The Morgan fingerprint density at radius 3 is 2.65 bits per heavy atom. The van der Waals surface area contributed by atoms with Gasteiger partial charge in [0.2, 0.25) is 0 Å². The number of aryl methyl sites for hydroxylation is 1. The number of nitrogens with zero attached hydrogens (tertiary/aromatic N) is 1. The number of carbonyl (C=O) groups excluding carboxylic acids is 1. The van der Waals surface area contributed by atoms with Gasteiger partial charge in [0.1, 0.15) is 0 Å². The smallest absolute Gasteiger partial charge is 0.321 e. The SMILES string of the molecule is Cc1cnc(NC(=O)NC(CCC(=O)O)Cc2ccccc2)s1. The van der Waals surface area contributed by atoms with Crippen molar-refractivity contribution >= 4 is 28.5 Å². The summed E-state index contributed by atoms with van der Waals surface area (Å²) in [6, 6.07) is 9.04. The van der Waals surface area contributed by atoms with Crippen LogP contribution < -0.4 is 10.6 Å². The van der Waals surface area contributed by atoms with E-state index in [9.17, 15) is 9.59 Å². The highest BCUT2D eigenvalue weighted by Crippen LogP contribution is 2.16. The molecule has 2 aromatic rings. The molecule has 7 heteroatoms. The van der Waals surface area contributed by atoms with E-state index in [0.717, 1.165) is 10.4 Å². The van der Waals surface area contributed by atoms with Crippen molar-refractivity contribution in [3.63, 3.8) is 0 Å². The van der Waals surface area contributed by atoms with Crippen LogP contribution in [0, 0.1) is 6.92 Å². The van der Waals surface area contributed by atoms with Crippen molar-refractivity contribution in [2.45, 2.75) is 32.2 Å². The first-order valence-electron chi connectivity index (χ1n) is 7.28. The highest BCUT2D eigenvalue weighted by atomic mass is 32.1. The molecule has 1 aromatic carbocycles. The topological polar surface area (TPSA) is 91.3 Å². The van der Waals surface area contributed by atoms with Crippen LogP contribution >= 0.6 is 11.3 Å². The molecule has 2 rings (SSSR count). The number of aromatic nitrogens is 1. The largest absolute Gasteiger partial charge is 0.481 e. The quantitative estimate of drug-likeness (QED) is 0.726. The molecule has 0 fully saturated rings. The molecule has 0 bridgehead atoms. The summed E-state index contributed by atoms with van der Waals surface area (Å²) in [5.74, 6) is -0.874. The Morgan fingerprint density at radius 2 is 2.04 bits per heavy atom. The number of thiazole rings is 1. The summed E-state index contributed by atoms with van der Waals surface area (Å²) in [7, 11) is 0. The summed E-state index contributed by atoms with van der Waals surface area (Å²) in [4.78, 5) is 27.9. The molecule has 0 saturated heterocycles. The van der Waals surface area contributed by atoms with Crippen molar-refractivity contribution in [3.8, 4) is 0 Å². The lowest BCUT2D eigenvalue weighted by Gasteiger charge is -2.18. The molecule has 6 nitrogen and oxygen atoms in total. The average Bonchev–Trinajstić information content (AvgIpc) is 2.90. The maximum atomic E-state index is 12.1. The molecule has 1 atom stereocenters. The van der Waals surface area contributed by atoms with Gasteiger partial charge < -0.3 is 10.4 Å². The number of urea groups is 1. The van der Waals surface area contributed by atoms with Crippen LogP contribution in [-0.2, 0) is 11.2 Å². The first kappa shape index (κ1) is 17.0. The van der Waals surface area contributed by atoms with Gasteiger partial charge in [-0.25, -0.2) is 9.78 Å². The van der Waals surface area contributed by atoms with Crippen LogP contribution in [0.25, 0.3) is 0 Å². The minimum Gasteiger partial charge on any atom is -0.481 e. The minimum atomic E-state index is -0.874. The number of hydrogen-bond acceptors (Lipinski definition) is 4. The van der Waals surface area contributed by atoms with E-state index in [4.69, 9.17) is 5.11 Å². The van der Waals surface area contributed by atoms with Gasteiger partial charge in [-0.1, -0.05) is 30.3 Å². The van der Waals surface area contributed by atoms with E-state index >= 15 is 0 Å².